The molecule has 1 aromatic carbocycles. The summed E-state index contributed by atoms with van der Waals surface area (Å²) < 4.78 is 1.41. The standard InChI is InChI=1S/C18H27NS/c1-5-6-7-10-13(2)19-15(4)18-14(3)16-11-8-9-12-17(16)20-18/h8-9,11-13,15,19H,5-7,10H2,1-4H3. The minimum absolute atomic E-state index is 0.448. The molecule has 1 nitrogen and oxygen atoms in total. The highest BCUT2D eigenvalue weighted by atomic mass is 32.1. The van der Waals surface area contributed by atoms with Gasteiger partial charge in [-0.3, -0.25) is 0 Å². The number of fused-ring (bicyclic) bond motifs is 1. The number of rotatable bonds is 7. The highest BCUT2D eigenvalue weighted by molar-refractivity contribution is 7.19. The van der Waals surface area contributed by atoms with E-state index in [0.29, 0.717) is 12.1 Å². The minimum atomic E-state index is 0.448. The van der Waals surface area contributed by atoms with Crippen LogP contribution in [0.4, 0.5) is 0 Å². The van der Waals surface area contributed by atoms with Gasteiger partial charge in [-0.2, -0.15) is 0 Å². The molecule has 110 valence electrons. The Labute approximate surface area is 127 Å². The van der Waals surface area contributed by atoms with Crippen molar-refractivity contribution in [2.45, 2.75) is 65.5 Å². The zero-order valence-electron chi connectivity index (χ0n) is 13.2. The van der Waals surface area contributed by atoms with Gasteiger partial charge in [-0.15, -0.1) is 11.3 Å². The van der Waals surface area contributed by atoms with E-state index in [0.717, 1.165) is 0 Å². The van der Waals surface area contributed by atoms with Gasteiger partial charge in [0.1, 0.15) is 0 Å². The number of benzene rings is 1. The third kappa shape index (κ3) is 3.62. The molecule has 0 bridgehead atoms. The summed E-state index contributed by atoms with van der Waals surface area (Å²) in [6.45, 7) is 9.14. The second-order valence-corrected chi connectivity index (χ2v) is 6.96. The van der Waals surface area contributed by atoms with Gasteiger partial charge in [0, 0.05) is 21.7 Å². The molecule has 0 fully saturated rings. The highest BCUT2D eigenvalue weighted by Gasteiger charge is 2.15. The molecule has 2 atom stereocenters. The van der Waals surface area contributed by atoms with Crippen molar-refractivity contribution in [3.05, 3.63) is 34.7 Å². The molecule has 0 amide bonds. The predicted octanol–water partition coefficient (Wildman–Crippen LogP) is 5.83. The maximum Gasteiger partial charge on any atom is 0.0391 e. The number of hydrogen-bond acceptors (Lipinski definition) is 2. The van der Waals surface area contributed by atoms with Crippen LogP contribution >= 0.6 is 11.3 Å². The summed E-state index contributed by atoms with van der Waals surface area (Å²) in [5.74, 6) is 0. The van der Waals surface area contributed by atoms with Crippen molar-refractivity contribution in [3.63, 3.8) is 0 Å². The van der Waals surface area contributed by atoms with E-state index in [1.54, 1.807) is 0 Å². The largest absolute Gasteiger partial charge is 0.307 e. The molecular weight excluding hydrogens is 262 g/mol. The Hall–Kier alpha value is -0.860. The monoisotopic (exact) mass is 289 g/mol. The van der Waals surface area contributed by atoms with Gasteiger partial charge in [-0.25, -0.2) is 0 Å². The number of thiophene rings is 1. The summed E-state index contributed by atoms with van der Waals surface area (Å²) in [5, 5.41) is 5.18. The van der Waals surface area contributed by atoms with Gasteiger partial charge in [0.2, 0.25) is 0 Å². The van der Waals surface area contributed by atoms with Gasteiger partial charge in [0.05, 0.1) is 0 Å². The van der Waals surface area contributed by atoms with E-state index < -0.39 is 0 Å². The first-order valence-electron chi connectivity index (χ1n) is 7.87. The third-order valence-corrected chi connectivity index (χ3v) is 5.50. The van der Waals surface area contributed by atoms with E-state index >= 15 is 0 Å². The topological polar surface area (TPSA) is 12.0 Å². The normalized spacial score (nSPS) is 14.6. The van der Waals surface area contributed by atoms with Crippen molar-refractivity contribution >= 4 is 21.4 Å². The van der Waals surface area contributed by atoms with Crippen molar-refractivity contribution in [2.75, 3.05) is 0 Å². The second-order valence-electron chi connectivity index (χ2n) is 5.87. The van der Waals surface area contributed by atoms with Crippen molar-refractivity contribution in [1.29, 1.82) is 0 Å². The van der Waals surface area contributed by atoms with Crippen LogP contribution in [0, 0.1) is 6.92 Å². The number of aryl methyl sites for hydroxylation is 1. The minimum Gasteiger partial charge on any atom is -0.307 e. The lowest BCUT2D eigenvalue weighted by Crippen LogP contribution is -2.28. The van der Waals surface area contributed by atoms with Gasteiger partial charge < -0.3 is 5.32 Å². The van der Waals surface area contributed by atoms with Crippen LogP contribution in [0.5, 0.6) is 0 Å². The Morgan fingerprint density at radius 1 is 1.15 bits per heavy atom. The molecule has 1 aromatic heterocycles. The highest BCUT2D eigenvalue weighted by Crippen LogP contribution is 2.34. The van der Waals surface area contributed by atoms with E-state index in [2.05, 4.69) is 57.3 Å². The molecule has 2 aromatic rings. The van der Waals surface area contributed by atoms with Crippen LogP contribution < -0.4 is 5.32 Å². The summed E-state index contributed by atoms with van der Waals surface area (Å²) in [7, 11) is 0. The molecule has 2 heteroatoms. The Morgan fingerprint density at radius 3 is 2.60 bits per heavy atom. The lowest BCUT2D eigenvalue weighted by atomic mass is 10.1. The van der Waals surface area contributed by atoms with Gasteiger partial charge in [0.25, 0.3) is 0 Å². The maximum atomic E-state index is 3.77. The smallest absolute Gasteiger partial charge is 0.0391 e. The summed E-state index contributed by atoms with van der Waals surface area (Å²) in [4.78, 5) is 1.49. The molecule has 1 heterocycles. The molecular formula is C18H27NS. The summed E-state index contributed by atoms with van der Waals surface area (Å²) >= 11 is 1.94. The molecule has 0 aliphatic heterocycles. The number of unbranched alkanes of at least 4 members (excludes halogenated alkanes) is 2. The van der Waals surface area contributed by atoms with E-state index in [1.807, 2.05) is 11.3 Å². The Bertz CT molecular complexity index is 543. The molecule has 0 spiro atoms. The van der Waals surface area contributed by atoms with Gasteiger partial charge in [-0.1, -0.05) is 44.4 Å². The van der Waals surface area contributed by atoms with Crippen LogP contribution in [-0.4, -0.2) is 6.04 Å². The Kier molecular flexibility index (Phi) is 5.62. The van der Waals surface area contributed by atoms with Crippen LogP contribution in [0.2, 0.25) is 0 Å². The molecule has 20 heavy (non-hydrogen) atoms. The predicted molar refractivity (Wildman–Crippen MR) is 91.7 cm³/mol. The summed E-state index contributed by atoms with van der Waals surface area (Å²) in [5.41, 5.74) is 1.45. The quantitative estimate of drug-likeness (QED) is 0.632. The zero-order chi connectivity index (χ0) is 14.5. The van der Waals surface area contributed by atoms with Crippen LogP contribution in [0.1, 0.15) is 62.9 Å². The van der Waals surface area contributed by atoms with Gasteiger partial charge in [0.15, 0.2) is 0 Å². The first kappa shape index (κ1) is 15.5. The van der Waals surface area contributed by atoms with Crippen LogP contribution in [0.3, 0.4) is 0 Å². The fraction of sp³-hybridized carbons (Fsp3) is 0.556. The van der Waals surface area contributed by atoms with Gasteiger partial charge >= 0.3 is 0 Å². The number of nitrogens with one attached hydrogen (secondary N) is 1. The second kappa shape index (κ2) is 7.24. The molecule has 0 saturated carbocycles. The van der Waals surface area contributed by atoms with Crippen molar-refractivity contribution < 1.29 is 0 Å². The fourth-order valence-corrected chi connectivity index (χ4v) is 4.12. The Morgan fingerprint density at radius 2 is 1.90 bits per heavy atom. The first-order chi connectivity index (χ1) is 9.63. The molecule has 0 radical (unpaired) electrons. The lowest BCUT2D eigenvalue weighted by Gasteiger charge is -2.20. The van der Waals surface area contributed by atoms with Gasteiger partial charge in [-0.05, 0) is 44.2 Å². The molecule has 2 rings (SSSR count). The molecule has 1 N–H and O–H groups in total. The van der Waals surface area contributed by atoms with Crippen LogP contribution in [-0.2, 0) is 0 Å². The SMILES string of the molecule is CCCCCC(C)NC(C)c1sc2ccccc2c1C. The van der Waals surface area contributed by atoms with Crippen molar-refractivity contribution in [1.82, 2.24) is 5.32 Å². The van der Waals surface area contributed by atoms with E-state index in [-0.39, 0.29) is 0 Å². The maximum absolute atomic E-state index is 3.77. The molecule has 0 saturated heterocycles. The zero-order valence-corrected chi connectivity index (χ0v) is 14.0. The van der Waals surface area contributed by atoms with E-state index in [9.17, 15) is 0 Å². The van der Waals surface area contributed by atoms with Crippen molar-refractivity contribution in [3.8, 4) is 0 Å². The van der Waals surface area contributed by atoms with Crippen LogP contribution in [0.25, 0.3) is 10.1 Å². The average Bonchev–Trinajstić information content (AvgIpc) is 2.77. The first-order valence-corrected chi connectivity index (χ1v) is 8.69. The lowest BCUT2D eigenvalue weighted by molar-refractivity contribution is 0.443. The summed E-state index contributed by atoms with van der Waals surface area (Å²) in [6.07, 6.45) is 5.27. The third-order valence-electron chi connectivity index (χ3n) is 4.05. The van der Waals surface area contributed by atoms with E-state index in [1.165, 1.54) is 46.2 Å². The molecule has 0 aliphatic rings. The number of hydrogen-bond donors (Lipinski definition) is 1. The summed E-state index contributed by atoms with van der Waals surface area (Å²) in [6, 6.07) is 9.78. The molecule has 0 aliphatic carbocycles. The Balaban J connectivity index is 2.03. The molecule has 2 unspecified atom stereocenters. The van der Waals surface area contributed by atoms with E-state index in [4.69, 9.17) is 0 Å². The van der Waals surface area contributed by atoms with Crippen molar-refractivity contribution in [2.24, 2.45) is 0 Å². The average molecular weight is 289 g/mol. The fourth-order valence-electron chi connectivity index (χ4n) is 2.89. The van der Waals surface area contributed by atoms with Crippen LogP contribution in [0.15, 0.2) is 24.3 Å².